The first-order valence-corrected chi connectivity index (χ1v) is 8.96. The first-order valence-electron chi connectivity index (χ1n) is 8.96. The van der Waals surface area contributed by atoms with Crippen LogP contribution in [-0.2, 0) is 4.79 Å². The van der Waals surface area contributed by atoms with Crippen molar-refractivity contribution in [1.82, 2.24) is 4.90 Å². The van der Waals surface area contributed by atoms with Crippen molar-refractivity contribution in [3.05, 3.63) is 48.4 Å². The molecule has 1 saturated carbocycles. The van der Waals surface area contributed by atoms with Gasteiger partial charge in [0, 0.05) is 25.4 Å². The van der Waals surface area contributed by atoms with Gasteiger partial charge in [-0.25, -0.2) is 0 Å². The number of nitrogens with zero attached hydrogens (tertiary/aromatic N) is 2. The van der Waals surface area contributed by atoms with Crippen LogP contribution in [0, 0.1) is 5.92 Å². The molecule has 5 heteroatoms. The van der Waals surface area contributed by atoms with Gasteiger partial charge in [0.2, 0.25) is 5.91 Å². The topological polar surface area (TPSA) is 45.9 Å². The Labute approximate surface area is 148 Å². The summed E-state index contributed by atoms with van der Waals surface area (Å²) in [6, 6.07) is 11.9. The van der Waals surface area contributed by atoms with E-state index in [1.807, 2.05) is 42.3 Å². The molecular formula is C20H24N2O3. The number of hydrogen-bond donors (Lipinski definition) is 0. The third kappa shape index (κ3) is 3.11. The van der Waals surface area contributed by atoms with Crippen molar-refractivity contribution in [3.63, 3.8) is 0 Å². The van der Waals surface area contributed by atoms with Crippen molar-refractivity contribution in [2.24, 2.45) is 5.92 Å². The van der Waals surface area contributed by atoms with Gasteiger partial charge in [0.15, 0.2) is 0 Å². The fraction of sp³-hybridized carbons (Fsp3) is 0.450. The van der Waals surface area contributed by atoms with E-state index in [2.05, 4.69) is 17.9 Å². The second-order valence-corrected chi connectivity index (χ2v) is 6.93. The lowest BCUT2D eigenvalue weighted by atomic mass is 10.1. The number of para-hydroxylation sites is 2. The Balaban J connectivity index is 1.38. The zero-order chi connectivity index (χ0) is 17.4. The summed E-state index contributed by atoms with van der Waals surface area (Å²) >= 11 is 0. The Bertz CT molecular complexity index is 743. The number of benzene rings is 1. The van der Waals surface area contributed by atoms with Crippen LogP contribution in [0.25, 0.3) is 0 Å². The lowest BCUT2D eigenvalue weighted by Crippen LogP contribution is -2.47. The van der Waals surface area contributed by atoms with Gasteiger partial charge >= 0.3 is 0 Å². The lowest BCUT2D eigenvalue weighted by Gasteiger charge is -2.37. The molecule has 132 valence electrons. The molecule has 25 heavy (non-hydrogen) atoms. The fourth-order valence-corrected chi connectivity index (χ4v) is 3.74. The van der Waals surface area contributed by atoms with Crippen LogP contribution in [0.15, 0.2) is 47.1 Å². The Hall–Kier alpha value is -2.43. The van der Waals surface area contributed by atoms with Crippen molar-refractivity contribution < 1.29 is 13.9 Å². The van der Waals surface area contributed by atoms with Gasteiger partial charge in [-0.2, -0.15) is 0 Å². The Kier molecular flexibility index (Phi) is 4.15. The van der Waals surface area contributed by atoms with Crippen LogP contribution in [0.5, 0.6) is 5.75 Å². The number of amides is 1. The zero-order valence-electron chi connectivity index (χ0n) is 14.7. The summed E-state index contributed by atoms with van der Waals surface area (Å²) in [5.41, 5.74) is 1.13. The van der Waals surface area contributed by atoms with Crippen molar-refractivity contribution in [2.45, 2.75) is 25.4 Å². The van der Waals surface area contributed by atoms with Crippen LogP contribution in [-0.4, -0.2) is 43.6 Å². The summed E-state index contributed by atoms with van der Waals surface area (Å²) in [4.78, 5) is 16.8. The largest absolute Gasteiger partial charge is 0.485 e. The minimum absolute atomic E-state index is 0.00962. The Morgan fingerprint density at radius 3 is 2.88 bits per heavy atom. The maximum absolute atomic E-state index is 12.7. The Morgan fingerprint density at radius 2 is 2.12 bits per heavy atom. The maximum Gasteiger partial charge on any atom is 0.226 e. The quantitative estimate of drug-likeness (QED) is 0.839. The molecule has 3 atom stereocenters. The molecule has 0 unspecified atom stereocenters. The number of furan rings is 1. The highest BCUT2D eigenvalue weighted by Crippen LogP contribution is 2.48. The van der Waals surface area contributed by atoms with E-state index in [4.69, 9.17) is 9.15 Å². The molecule has 1 fully saturated rings. The van der Waals surface area contributed by atoms with E-state index >= 15 is 0 Å². The SMILES string of the molecule is CCN1C[C@H](CN(C)C(=O)[C@@H]2C[C@@H]2c2ccco2)Oc2ccccc21. The molecule has 1 aliphatic heterocycles. The first-order chi connectivity index (χ1) is 12.2. The van der Waals surface area contributed by atoms with E-state index in [1.54, 1.807) is 6.26 Å². The number of carbonyl (C=O) groups excluding carboxylic acids is 1. The molecule has 5 nitrogen and oxygen atoms in total. The van der Waals surface area contributed by atoms with Crippen LogP contribution in [0.3, 0.4) is 0 Å². The van der Waals surface area contributed by atoms with E-state index in [0.717, 1.165) is 36.7 Å². The van der Waals surface area contributed by atoms with Gasteiger partial charge in [-0.1, -0.05) is 12.1 Å². The molecule has 2 aromatic rings. The van der Waals surface area contributed by atoms with Gasteiger partial charge < -0.3 is 19.0 Å². The Morgan fingerprint density at radius 1 is 1.28 bits per heavy atom. The van der Waals surface area contributed by atoms with Crippen LogP contribution < -0.4 is 9.64 Å². The van der Waals surface area contributed by atoms with Gasteiger partial charge in [-0.3, -0.25) is 4.79 Å². The van der Waals surface area contributed by atoms with Gasteiger partial charge in [0.05, 0.1) is 25.0 Å². The average molecular weight is 340 g/mol. The van der Waals surface area contributed by atoms with Crippen LogP contribution >= 0.6 is 0 Å². The third-order valence-electron chi connectivity index (χ3n) is 5.18. The monoisotopic (exact) mass is 340 g/mol. The summed E-state index contributed by atoms with van der Waals surface area (Å²) in [7, 11) is 1.88. The molecular weight excluding hydrogens is 316 g/mol. The molecule has 2 heterocycles. The highest BCUT2D eigenvalue weighted by atomic mass is 16.5. The number of hydrogen-bond acceptors (Lipinski definition) is 4. The van der Waals surface area contributed by atoms with E-state index in [1.165, 1.54) is 0 Å². The van der Waals surface area contributed by atoms with Gasteiger partial charge in [0.1, 0.15) is 17.6 Å². The molecule has 1 aliphatic carbocycles. The van der Waals surface area contributed by atoms with E-state index in [0.29, 0.717) is 6.54 Å². The second kappa shape index (κ2) is 6.47. The van der Waals surface area contributed by atoms with E-state index in [9.17, 15) is 4.79 Å². The van der Waals surface area contributed by atoms with E-state index in [-0.39, 0.29) is 23.8 Å². The molecule has 2 aliphatic rings. The third-order valence-corrected chi connectivity index (χ3v) is 5.18. The second-order valence-electron chi connectivity index (χ2n) is 6.93. The number of likely N-dealkylation sites (N-methyl/N-ethyl adjacent to an activating group) is 2. The minimum Gasteiger partial charge on any atom is -0.485 e. The number of carbonyl (C=O) groups is 1. The first kappa shape index (κ1) is 16.1. The predicted octanol–water partition coefficient (Wildman–Crippen LogP) is 3.13. The molecule has 0 N–H and O–H groups in total. The molecule has 1 aromatic heterocycles. The zero-order valence-corrected chi connectivity index (χ0v) is 14.7. The summed E-state index contributed by atoms with van der Waals surface area (Å²) in [6.07, 6.45) is 2.54. The van der Waals surface area contributed by atoms with E-state index < -0.39 is 0 Å². The van der Waals surface area contributed by atoms with Gasteiger partial charge in [-0.05, 0) is 37.6 Å². The lowest BCUT2D eigenvalue weighted by molar-refractivity contribution is -0.132. The summed E-state index contributed by atoms with van der Waals surface area (Å²) in [5, 5.41) is 0. The van der Waals surface area contributed by atoms with Crippen LogP contribution in [0.4, 0.5) is 5.69 Å². The number of anilines is 1. The summed E-state index contributed by atoms with van der Waals surface area (Å²) in [6.45, 7) is 4.48. The fourth-order valence-electron chi connectivity index (χ4n) is 3.74. The number of rotatable bonds is 5. The number of ether oxygens (including phenoxy) is 1. The van der Waals surface area contributed by atoms with Crippen molar-refractivity contribution in [2.75, 3.05) is 31.6 Å². The van der Waals surface area contributed by atoms with Crippen molar-refractivity contribution in [1.29, 1.82) is 0 Å². The minimum atomic E-state index is -0.00962. The standard InChI is InChI=1S/C20H24N2O3/c1-3-22-13-14(25-19-8-5-4-7-17(19)22)12-21(2)20(23)16-11-15(16)18-9-6-10-24-18/h4-10,14-16H,3,11-13H2,1-2H3/t14-,15-,16+/m0/s1. The van der Waals surface area contributed by atoms with Gasteiger partial charge in [0.25, 0.3) is 0 Å². The van der Waals surface area contributed by atoms with Crippen LogP contribution in [0.2, 0.25) is 0 Å². The van der Waals surface area contributed by atoms with Crippen molar-refractivity contribution in [3.8, 4) is 5.75 Å². The predicted molar refractivity (Wildman–Crippen MR) is 95.9 cm³/mol. The maximum atomic E-state index is 12.7. The molecule has 1 amide bonds. The molecule has 0 spiro atoms. The molecule has 0 bridgehead atoms. The van der Waals surface area contributed by atoms with Gasteiger partial charge in [-0.15, -0.1) is 0 Å². The molecule has 4 rings (SSSR count). The van der Waals surface area contributed by atoms with Crippen molar-refractivity contribution >= 4 is 11.6 Å². The van der Waals surface area contributed by atoms with Crippen LogP contribution in [0.1, 0.15) is 25.0 Å². The highest BCUT2D eigenvalue weighted by Gasteiger charge is 2.47. The molecule has 1 aromatic carbocycles. The average Bonchev–Trinajstić information content (AvgIpc) is 3.24. The smallest absolute Gasteiger partial charge is 0.226 e. The molecule has 0 saturated heterocycles. The summed E-state index contributed by atoms with van der Waals surface area (Å²) < 4.78 is 11.6. The molecule has 0 radical (unpaired) electrons. The number of fused-ring (bicyclic) bond motifs is 1. The normalized spacial score (nSPS) is 24.4. The summed E-state index contributed by atoms with van der Waals surface area (Å²) in [5.74, 6) is 2.30. The highest BCUT2D eigenvalue weighted by molar-refractivity contribution is 5.82.